The van der Waals surface area contributed by atoms with Gasteiger partial charge in [-0.2, -0.15) is 0 Å². The molecule has 0 fully saturated rings. The zero-order valence-electron chi connectivity index (χ0n) is 13.3. The lowest BCUT2D eigenvalue weighted by Gasteiger charge is -2.13. The fraction of sp³-hybridized carbons (Fsp3) is 0.556. The molecule has 3 heteroatoms. The maximum atomic E-state index is 5.72. The third-order valence-corrected chi connectivity index (χ3v) is 3.83. The lowest BCUT2D eigenvalue weighted by Crippen LogP contribution is -2.09. The van der Waals surface area contributed by atoms with Gasteiger partial charge in [-0.05, 0) is 49.8 Å². The molecule has 1 aromatic carbocycles. The molecule has 0 aliphatic carbocycles. The molecule has 2 atom stereocenters. The molecule has 1 heterocycles. The van der Waals surface area contributed by atoms with Crippen molar-refractivity contribution >= 4 is 6.08 Å². The van der Waals surface area contributed by atoms with Crippen LogP contribution in [-0.4, -0.2) is 19.5 Å². The van der Waals surface area contributed by atoms with Crippen LogP contribution in [0.1, 0.15) is 45.6 Å². The van der Waals surface area contributed by atoms with Crippen molar-refractivity contribution in [3.63, 3.8) is 0 Å². The Hall–Kier alpha value is -1.48. The van der Waals surface area contributed by atoms with Gasteiger partial charge in [0.25, 0.3) is 0 Å². The summed E-state index contributed by atoms with van der Waals surface area (Å²) in [6.45, 7) is 7.74. The molecule has 0 N–H and O–H groups in total. The van der Waals surface area contributed by atoms with Crippen molar-refractivity contribution in [1.82, 2.24) is 0 Å². The summed E-state index contributed by atoms with van der Waals surface area (Å²) >= 11 is 0. The van der Waals surface area contributed by atoms with E-state index in [1.807, 2.05) is 12.1 Å². The first-order chi connectivity index (χ1) is 10.2. The SMILES string of the molecule is CCC(C)OCCC(C)C/C=C/c1ccc2c(c1)OCO2. The van der Waals surface area contributed by atoms with Crippen LogP contribution in [0, 0.1) is 5.92 Å². The monoisotopic (exact) mass is 290 g/mol. The highest BCUT2D eigenvalue weighted by Gasteiger charge is 2.12. The van der Waals surface area contributed by atoms with Crippen molar-refractivity contribution in [3.05, 3.63) is 29.8 Å². The minimum Gasteiger partial charge on any atom is -0.454 e. The van der Waals surface area contributed by atoms with Gasteiger partial charge < -0.3 is 14.2 Å². The zero-order valence-corrected chi connectivity index (χ0v) is 13.3. The molecule has 2 unspecified atom stereocenters. The molecule has 0 saturated carbocycles. The Morgan fingerprint density at radius 2 is 2.05 bits per heavy atom. The summed E-state index contributed by atoms with van der Waals surface area (Å²) in [6.07, 6.45) is 8.01. The molecule has 0 spiro atoms. The molecule has 0 bridgehead atoms. The van der Waals surface area contributed by atoms with E-state index in [9.17, 15) is 0 Å². The molecule has 116 valence electrons. The van der Waals surface area contributed by atoms with E-state index in [0.717, 1.165) is 42.9 Å². The van der Waals surface area contributed by atoms with Crippen molar-refractivity contribution < 1.29 is 14.2 Å². The Morgan fingerprint density at radius 3 is 2.86 bits per heavy atom. The number of hydrogen-bond acceptors (Lipinski definition) is 3. The van der Waals surface area contributed by atoms with Crippen LogP contribution in [-0.2, 0) is 4.74 Å². The number of ether oxygens (including phenoxy) is 3. The summed E-state index contributed by atoms with van der Waals surface area (Å²) in [6, 6.07) is 6.04. The van der Waals surface area contributed by atoms with E-state index < -0.39 is 0 Å². The number of allylic oxidation sites excluding steroid dienone is 1. The van der Waals surface area contributed by atoms with Gasteiger partial charge in [-0.15, -0.1) is 0 Å². The number of fused-ring (bicyclic) bond motifs is 1. The van der Waals surface area contributed by atoms with Crippen LogP contribution in [0.15, 0.2) is 24.3 Å². The summed E-state index contributed by atoms with van der Waals surface area (Å²) in [4.78, 5) is 0. The first-order valence-electron chi connectivity index (χ1n) is 7.86. The second-order valence-electron chi connectivity index (χ2n) is 5.73. The largest absolute Gasteiger partial charge is 0.454 e. The molecule has 1 aromatic rings. The third-order valence-electron chi connectivity index (χ3n) is 3.83. The van der Waals surface area contributed by atoms with Crippen molar-refractivity contribution in [3.8, 4) is 11.5 Å². The molecule has 1 aliphatic heterocycles. The predicted molar refractivity (Wildman–Crippen MR) is 85.7 cm³/mol. The first-order valence-corrected chi connectivity index (χ1v) is 7.86. The van der Waals surface area contributed by atoms with Gasteiger partial charge in [-0.3, -0.25) is 0 Å². The third kappa shape index (κ3) is 5.09. The van der Waals surface area contributed by atoms with Crippen LogP contribution in [0.4, 0.5) is 0 Å². The van der Waals surface area contributed by atoms with E-state index in [-0.39, 0.29) is 0 Å². The minimum atomic E-state index is 0.329. The summed E-state index contributed by atoms with van der Waals surface area (Å²) in [5.41, 5.74) is 1.15. The van der Waals surface area contributed by atoms with Gasteiger partial charge in [0.05, 0.1) is 6.10 Å². The van der Waals surface area contributed by atoms with Gasteiger partial charge in [-0.1, -0.05) is 32.1 Å². The van der Waals surface area contributed by atoms with Gasteiger partial charge in [0.15, 0.2) is 11.5 Å². The van der Waals surface area contributed by atoms with Crippen molar-refractivity contribution in [2.45, 2.75) is 46.1 Å². The molecule has 0 saturated heterocycles. The Kier molecular flexibility index (Phi) is 6.12. The summed E-state index contributed by atoms with van der Waals surface area (Å²) < 4.78 is 16.4. The van der Waals surface area contributed by atoms with E-state index >= 15 is 0 Å². The second-order valence-corrected chi connectivity index (χ2v) is 5.73. The molecule has 1 aliphatic rings. The molecule has 0 amide bonds. The van der Waals surface area contributed by atoms with Crippen LogP contribution >= 0.6 is 0 Å². The van der Waals surface area contributed by atoms with Gasteiger partial charge >= 0.3 is 0 Å². The number of hydrogen-bond donors (Lipinski definition) is 0. The van der Waals surface area contributed by atoms with E-state index in [1.54, 1.807) is 0 Å². The fourth-order valence-corrected chi connectivity index (χ4v) is 2.16. The van der Waals surface area contributed by atoms with Crippen LogP contribution < -0.4 is 9.47 Å². The highest BCUT2D eigenvalue weighted by molar-refractivity contribution is 5.56. The molecule has 0 aromatic heterocycles. The Balaban J connectivity index is 1.72. The van der Waals surface area contributed by atoms with Crippen LogP contribution in [0.25, 0.3) is 6.08 Å². The van der Waals surface area contributed by atoms with Crippen LogP contribution in [0.3, 0.4) is 0 Å². The molecule has 3 nitrogen and oxygen atoms in total. The van der Waals surface area contributed by atoms with Gasteiger partial charge in [0, 0.05) is 6.61 Å². The normalized spacial score (nSPS) is 16.3. The summed E-state index contributed by atoms with van der Waals surface area (Å²) in [5.74, 6) is 2.31. The highest BCUT2D eigenvalue weighted by Crippen LogP contribution is 2.32. The van der Waals surface area contributed by atoms with Crippen LogP contribution in [0.5, 0.6) is 11.5 Å². The quantitative estimate of drug-likeness (QED) is 0.697. The molecular weight excluding hydrogens is 264 g/mol. The topological polar surface area (TPSA) is 27.7 Å². The fourth-order valence-electron chi connectivity index (χ4n) is 2.16. The van der Waals surface area contributed by atoms with E-state index in [2.05, 4.69) is 39.0 Å². The van der Waals surface area contributed by atoms with Crippen molar-refractivity contribution in [1.29, 1.82) is 0 Å². The van der Waals surface area contributed by atoms with E-state index in [1.165, 1.54) is 0 Å². The van der Waals surface area contributed by atoms with Crippen LogP contribution in [0.2, 0.25) is 0 Å². The first kappa shape index (κ1) is 15.9. The second kappa shape index (κ2) is 8.08. The Labute approximate surface area is 127 Å². The average Bonchev–Trinajstić information content (AvgIpc) is 2.94. The average molecular weight is 290 g/mol. The molecule has 2 rings (SSSR count). The van der Waals surface area contributed by atoms with Gasteiger partial charge in [0.2, 0.25) is 6.79 Å². The number of benzene rings is 1. The standard InChI is InChI=1S/C18H26O3/c1-4-15(3)19-11-10-14(2)6-5-7-16-8-9-17-18(12-16)21-13-20-17/h5,7-9,12,14-15H,4,6,10-11,13H2,1-3H3/b7-5+. The van der Waals surface area contributed by atoms with Crippen molar-refractivity contribution in [2.24, 2.45) is 5.92 Å². The van der Waals surface area contributed by atoms with Gasteiger partial charge in [-0.25, -0.2) is 0 Å². The molecule has 0 radical (unpaired) electrons. The Bertz CT molecular complexity index is 468. The van der Waals surface area contributed by atoms with Crippen molar-refractivity contribution in [2.75, 3.05) is 13.4 Å². The highest BCUT2D eigenvalue weighted by atomic mass is 16.7. The van der Waals surface area contributed by atoms with E-state index in [4.69, 9.17) is 14.2 Å². The minimum absolute atomic E-state index is 0.329. The summed E-state index contributed by atoms with van der Waals surface area (Å²) in [5, 5.41) is 0. The summed E-state index contributed by atoms with van der Waals surface area (Å²) in [7, 11) is 0. The predicted octanol–water partition coefficient (Wildman–Crippen LogP) is 4.66. The Morgan fingerprint density at radius 1 is 1.24 bits per heavy atom. The van der Waals surface area contributed by atoms with Gasteiger partial charge in [0.1, 0.15) is 0 Å². The molecule has 21 heavy (non-hydrogen) atoms. The number of rotatable bonds is 8. The maximum Gasteiger partial charge on any atom is 0.231 e. The molecular formula is C18H26O3. The smallest absolute Gasteiger partial charge is 0.231 e. The lowest BCUT2D eigenvalue weighted by atomic mass is 10.0. The maximum absolute atomic E-state index is 5.72. The lowest BCUT2D eigenvalue weighted by molar-refractivity contribution is 0.0556. The zero-order chi connectivity index (χ0) is 15.1. The van der Waals surface area contributed by atoms with E-state index in [0.29, 0.717) is 18.8 Å².